The topological polar surface area (TPSA) is 126 Å². The van der Waals surface area contributed by atoms with E-state index in [1.807, 2.05) is 61.2 Å². The second-order valence-electron chi connectivity index (χ2n) is 16.3. The van der Waals surface area contributed by atoms with Crippen molar-refractivity contribution in [3.8, 4) is 11.8 Å². The van der Waals surface area contributed by atoms with Crippen molar-refractivity contribution in [2.24, 2.45) is 5.92 Å². The molecule has 3 aromatic carbocycles. The minimum atomic E-state index is -0.974. The van der Waals surface area contributed by atoms with Gasteiger partial charge >= 0.3 is 0 Å². The first-order chi connectivity index (χ1) is 27.1. The van der Waals surface area contributed by atoms with Gasteiger partial charge in [-0.1, -0.05) is 49.7 Å². The minimum Gasteiger partial charge on any atom is -0.492 e. The Morgan fingerprint density at radius 3 is 2.39 bits per heavy atom. The van der Waals surface area contributed by atoms with Crippen molar-refractivity contribution in [1.29, 1.82) is 5.26 Å². The van der Waals surface area contributed by atoms with Gasteiger partial charge in [0.25, 0.3) is 5.91 Å². The predicted molar refractivity (Wildman–Crippen MR) is 226 cm³/mol. The number of ether oxygens (including phenoxy) is 1. The van der Waals surface area contributed by atoms with Crippen molar-refractivity contribution in [3.63, 3.8) is 0 Å². The molecule has 3 saturated heterocycles. The number of amides is 3. The van der Waals surface area contributed by atoms with Gasteiger partial charge in [-0.2, -0.15) is 5.26 Å². The van der Waals surface area contributed by atoms with Crippen molar-refractivity contribution >= 4 is 63.8 Å². The fourth-order valence-electron chi connectivity index (χ4n) is 8.26. The number of rotatable bonds is 13. The van der Waals surface area contributed by atoms with Gasteiger partial charge in [-0.25, -0.2) is 0 Å². The lowest BCUT2D eigenvalue weighted by atomic mass is 9.90. The molecule has 0 aliphatic carbocycles. The summed E-state index contributed by atoms with van der Waals surface area (Å²) in [6, 6.07) is 21.1. The molecule has 3 aromatic rings. The molecule has 13 heteroatoms. The molecule has 300 valence electrons. The number of Topliss-reactive ketones (excluding diaryl/α,β-unsaturated/α-hetero) is 1. The number of nitrogens with one attached hydrogen (secondary N) is 1. The van der Waals surface area contributed by atoms with Crippen LogP contribution in [0.25, 0.3) is 0 Å². The second-order valence-corrected chi connectivity index (χ2v) is 17.1. The van der Waals surface area contributed by atoms with Crippen LogP contribution in [0.2, 0.25) is 5.02 Å². The number of halogens is 1. The number of hydrogen-bond acceptors (Lipinski definition) is 9. The zero-order valence-corrected chi connectivity index (χ0v) is 35.1. The molecule has 0 saturated carbocycles. The lowest BCUT2D eigenvalue weighted by molar-refractivity contribution is -0.136. The van der Waals surface area contributed by atoms with Gasteiger partial charge in [0.05, 0.1) is 22.8 Å². The number of piperidine rings is 1. The summed E-state index contributed by atoms with van der Waals surface area (Å²) in [5.41, 5.74) is 3.58. The third kappa shape index (κ3) is 9.23. The first kappa shape index (κ1) is 41.9. The van der Waals surface area contributed by atoms with Crippen LogP contribution in [-0.2, 0) is 32.0 Å². The Morgan fingerprint density at radius 2 is 1.72 bits per heavy atom. The molecule has 6 rings (SSSR count). The highest BCUT2D eigenvalue weighted by atomic mass is 35.5. The van der Waals surface area contributed by atoms with Gasteiger partial charge in [0.2, 0.25) is 11.8 Å². The number of imide groups is 1. The molecular weight excluding hydrogens is 760 g/mol. The maximum Gasteiger partial charge on any atom is 0.259 e. The van der Waals surface area contributed by atoms with Crippen molar-refractivity contribution in [3.05, 3.63) is 87.9 Å². The van der Waals surface area contributed by atoms with Gasteiger partial charge < -0.3 is 9.64 Å². The number of ketones is 1. The van der Waals surface area contributed by atoms with Crippen LogP contribution in [-0.4, -0.2) is 88.8 Å². The summed E-state index contributed by atoms with van der Waals surface area (Å²) in [6.07, 6.45) is 1.78. The Bertz CT molecular complexity index is 2100. The Kier molecular flexibility index (Phi) is 12.8. The first-order valence-corrected chi connectivity index (χ1v) is 20.4. The Hall–Kier alpha value is -4.67. The van der Waals surface area contributed by atoms with Gasteiger partial charge in [0.15, 0.2) is 10.9 Å². The average molecular weight is 811 g/mol. The van der Waals surface area contributed by atoms with Crippen LogP contribution in [0.1, 0.15) is 82.6 Å². The third-order valence-electron chi connectivity index (χ3n) is 11.3. The summed E-state index contributed by atoms with van der Waals surface area (Å²) < 4.78 is 6.42. The summed E-state index contributed by atoms with van der Waals surface area (Å²) in [7, 11) is 0. The Morgan fingerprint density at radius 1 is 1.02 bits per heavy atom. The zero-order chi connectivity index (χ0) is 41.2. The minimum absolute atomic E-state index is 0.136. The van der Waals surface area contributed by atoms with E-state index in [0.717, 1.165) is 47.8 Å². The summed E-state index contributed by atoms with van der Waals surface area (Å²) >= 11 is 12.2. The number of benzene rings is 3. The summed E-state index contributed by atoms with van der Waals surface area (Å²) in [6.45, 7) is 15.5. The lowest BCUT2D eigenvalue weighted by Crippen LogP contribution is -2.58. The molecule has 0 bridgehead atoms. The molecule has 3 aliphatic rings. The maximum absolute atomic E-state index is 13.8. The van der Waals surface area contributed by atoms with E-state index < -0.39 is 5.54 Å². The standard InChI is InChI=1S/C44H51ClN6O5S/c1-27(2)37-21-35(51-43(57)50(42(55)44(51,5)6)34-12-10-33(23-46)38(45)22-34)13-14-39(37)56-17-16-48-24-28(3)49(29(4)25-48)26-36(52)20-31-9-7-8-30(18-31)19-32-11-15-40(53)47-41(32)54/h7-10,12-14,18,21-22,27-29,32H,11,15-17,19-20,24-26H2,1-6H3,(H,47,53,54)/t28-,29+,32?. The van der Waals surface area contributed by atoms with Crippen LogP contribution >= 0.6 is 23.8 Å². The highest BCUT2D eigenvalue weighted by Crippen LogP contribution is 2.40. The van der Waals surface area contributed by atoms with E-state index in [-0.39, 0.29) is 52.4 Å². The highest BCUT2D eigenvalue weighted by molar-refractivity contribution is 7.81. The Balaban J connectivity index is 1.03. The average Bonchev–Trinajstić information content (AvgIpc) is 3.33. The Labute approximate surface area is 345 Å². The zero-order valence-electron chi connectivity index (χ0n) is 33.5. The molecule has 0 aromatic heterocycles. The van der Waals surface area contributed by atoms with Crippen molar-refractivity contribution in [2.75, 3.05) is 42.6 Å². The number of nitriles is 1. The summed E-state index contributed by atoms with van der Waals surface area (Å²) in [5.74, 6) is 0.216. The monoisotopic (exact) mass is 810 g/mol. The molecule has 0 radical (unpaired) electrons. The van der Waals surface area contributed by atoms with Gasteiger partial charge in [0, 0.05) is 56.2 Å². The number of piperazine rings is 1. The molecule has 3 amide bonds. The molecule has 3 aliphatic heterocycles. The van der Waals surface area contributed by atoms with Crippen LogP contribution < -0.4 is 19.9 Å². The van der Waals surface area contributed by atoms with E-state index in [0.29, 0.717) is 55.2 Å². The lowest BCUT2D eigenvalue weighted by Gasteiger charge is -2.44. The van der Waals surface area contributed by atoms with Crippen molar-refractivity contribution in [2.45, 2.75) is 90.8 Å². The van der Waals surface area contributed by atoms with E-state index in [1.165, 1.54) is 4.90 Å². The number of nitrogens with zero attached hydrogens (tertiary/aromatic N) is 5. The van der Waals surface area contributed by atoms with E-state index >= 15 is 0 Å². The number of hydrogen-bond donors (Lipinski definition) is 1. The quantitative estimate of drug-likeness (QED) is 0.153. The molecule has 3 fully saturated rings. The van der Waals surface area contributed by atoms with E-state index in [2.05, 4.69) is 48.9 Å². The maximum atomic E-state index is 13.8. The van der Waals surface area contributed by atoms with Crippen LogP contribution in [0.15, 0.2) is 60.7 Å². The van der Waals surface area contributed by atoms with E-state index in [9.17, 15) is 24.4 Å². The van der Waals surface area contributed by atoms with Crippen LogP contribution in [0.3, 0.4) is 0 Å². The molecule has 57 heavy (non-hydrogen) atoms. The highest BCUT2D eigenvalue weighted by Gasteiger charge is 2.50. The first-order valence-electron chi connectivity index (χ1n) is 19.6. The molecule has 1 unspecified atom stereocenters. The smallest absolute Gasteiger partial charge is 0.259 e. The summed E-state index contributed by atoms with van der Waals surface area (Å²) in [4.78, 5) is 58.9. The fourth-order valence-corrected chi connectivity index (χ4v) is 9.00. The number of thiocarbonyl (C=S) groups is 1. The summed E-state index contributed by atoms with van der Waals surface area (Å²) in [5, 5.41) is 12.3. The fraction of sp³-hybridized carbons (Fsp3) is 0.455. The van der Waals surface area contributed by atoms with Crippen LogP contribution in [0.4, 0.5) is 11.4 Å². The number of anilines is 2. The van der Waals surface area contributed by atoms with Crippen molar-refractivity contribution in [1.82, 2.24) is 15.1 Å². The van der Waals surface area contributed by atoms with Gasteiger partial charge in [-0.05, 0) is 112 Å². The molecule has 0 spiro atoms. The molecule has 11 nitrogen and oxygen atoms in total. The van der Waals surface area contributed by atoms with Gasteiger partial charge in [-0.3, -0.25) is 39.2 Å². The molecular formula is C44H51ClN6O5S. The van der Waals surface area contributed by atoms with Gasteiger partial charge in [0.1, 0.15) is 24.0 Å². The molecule has 3 heterocycles. The number of carbonyl (C=O) groups is 4. The van der Waals surface area contributed by atoms with Gasteiger partial charge in [-0.15, -0.1) is 0 Å². The molecule has 3 atom stereocenters. The molecule has 1 N–H and O–H groups in total. The normalized spacial score (nSPS) is 21.6. The largest absolute Gasteiger partial charge is 0.492 e. The predicted octanol–water partition coefficient (Wildman–Crippen LogP) is 6.43. The third-order valence-corrected chi connectivity index (χ3v) is 12.0. The number of carbonyl (C=O) groups excluding carboxylic acids is 4. The van der Waals surface area contributed by atoms with E-state index in [1.54, 1.807) is 18.2 Å². The van der Waals surface area contributed by atoms with Crippen molar-refractivity contribution < 1.29 is 23.9 Å². The van der Waals surface area contributed by atoms with Crippen LogP contribution in [0, 0.1) is 17.2 Å². The van der Waals surface area contributed by atoms with E-state index in [4.69, 9.17) is 28.6 Å². The second kappa shape index (κ2) is 17.4. The van der Waals surface area contributed by atoms with Crippen LogP contribution in [0.5, 0.6) is 5.75 Å². The SMILES string of the molecule is CC(C)c1cc(N2C(=S)N(c3ccc(C#N)c(Cl)c3)C(=O)C2(C)C)ccc1OCCN1C[C@@H](C)N(CC(=O)Cc2cccc(CC3CCC(=O)NC3=O)c2)[C@@H](C)C1.